The molecule has 0 heterocycles. The van der Waals surface area contributed by atoms with E-state index in [0.29, 0.717) is 13.0 Å². The Labute approximate surface area is 161 Å². The van der Waals surface area contributed by atoms with Gasteiger partial charge in [-0.1, -0.05) is 30.3 Å². The molecule has 7 heteroatoms. The molecule has 0 aliphatic heterocycles. The van der Waals surface area contributed by atoms with Crippen molar-refractivity contribution in [2.45, 2.75) is 12.8 Å². The molecule has 6 nitrogen and oxygen atoms in total. The third-order valence-corrected chi connectivity index (χ3v) is 5.67. The summed E-state index contributed by atoms with van der Waals surface area (Å²) in [5.41, 5.74) is 1.80. The SMILES string of the molecule is COc1ccc(CCN(CCC(=O)N(C)c2ccccc2)S(C)(=O)=O)cc1. The molecule has 2 rings (SSSR count). The molecule has 0 aliphatic rings. The zero-order valence-corrected chi connectivity index (χ0v) is 16.8. The van der Waals surface area contributed by atoms with Crippen LogP contribution in [0.4, 0.5) is 5.69 Å². The molecular formula is C20H26N2O4S. The van der Waals surface area contributed by atoms with E-state index in [1.165, 1.54) is 10.6 Å². The number of amides is 1. The Kier molecular flexibility index (Phi) is 7.38. The molecule has 0 N–H and O–H groups in total. The van der Waals surface area contributed by atoms with Crippen molar-refractivity contribution in [1.29, 1.82) is 0 Å². The van der Waals surface area contributed by atoms with E-state index < -0.39 is 10.0 Å². The van der Waals surface area contributed by atoms with Crippen LogP contribution in [-0.2, 0) is 21.2 Å². The maximum absolute atomic E-state index is 12.4. The van der Waals surface area contributed by atoms with Crippen LogP contribution >= 0.6 is 0 Å². The van der Waals surface area contributed by atoms with Gasteiger partial charge < -0.3 is 9.64 Å². The first-order valence-corrected chi connectivity index (χ1v) is 10.6. The standard InChI is InChI=1S/C20H26N2O4S/c1-21(18-7-5-4-6-8-18)20(23)14-16-22(27(3,24)25)15-13-17-9-11-19(26-2)12-10-17/h4-12H,13-16H2,1-3H3. The first-order valence-electron chi connectivity index (χ1n) is 8.71. The molecule has 2 aromatic rings. The lowest BCUT2D eigenvalue weighted by Gasteiger charge is -2.22. The summed E-state index contributed by atoms with van der Waals surface area (Å²) in [4.78, 5) is 14.0. The van der Waals surface area contributed by atoms with Crippen LogP contribution in [0, 0.1) is 0 Å². The molecule has 0 fully saturated rings. The van der Waals surface area contributed by atoms with Crippen molar-refractivity contribution in [3.05, 3.63) is 60.2 Å². The maximum atomic E-state index is 12.4. The van der Waals surface area contributed by atoms with Crippen LogP contribution in [0.15, 0.2) is 54.6 Å². The highest BCUT2D eigenvalue weighted by atomic mass is 32.2. The third-order valence-electron chi connectivity index (χ3n) is 4.37. The summed E-state index contributed by atoms with van der Waals surface area (Å²) in [5, 5.41) is 0. The van der Waals surface area contributed by atoms with Crippen molar-refractivity contribution >= 4 is 21.6 Å². The molecule has 1 amide bonds. The number of nitrogens with zero attached hydrogens (tertiary/aromatic N) is 2. The number of methoxy groups -OCH3 is 1. The molecule has 0 spiro atoms. The minimum atomic E-state index is -3.40. The number of anilines is 1. The third kappa shape index (κ3) is 6.37. The number of para-hydroxylation sites is 1. The number of hydrogen-bond donors (Lipinski definition) is 0. The van der Waals surface area contributed by atoms with Gasteiger partial charge in [-0.25, -0.2) is 12.7 Å². The van der Waals surface area contributed by atoms with Crippen molar-refractivity contribution < 1.29 is 17.9 Å². The first-order chi connectivity index (χ1) is 12.8. The van der Waals surface area contributed by atoms with Gasteiger partial charge >= 0.3 is 0 Å². The summed E-state index contributed by atoms with van der Waals surface area (Å²) in [6.45, 7) is 0.485. The lowest BCUT2D eigenvalue weighted by Crippen LogP contribution is -2.36. The van der Waals surface area contributed by atoms with Crippen molar-refractivity contribution in [3.63, 3.8) is 0 Å². The van der Waals surface area contributed by atoms with Crippen molar-refractivity contribution in [3.8, 4) is 5.75 Å². The molecule has 0 saturated heterocycles. The van der Waals surface area contributed by atoms with E-state index in [2.05, 4.69) is 0 Å². The Morgan fingerprint density at radius 2 is 1.63 bits per heavy atom. The van der Waals surface area contributed by atoms with Gasteiger partial charge in [0.2, 0.25) is 15.9 Å². The maximum Gasteiger partial charge on any atom is 0.228 e. The summed E-state index contributed by atoms with van der Waals surface area (Å²) < 4.78 is 30.7. The zero-order chi connectivity index (χ0) is 19.9. The Morgan fingerprint density at radius 1 is 1.00 bits per heavy atom. The van der Waals surface area contributed by atoms with Crippen LogP contribution in [0.1, 0.15) is 12.0 Å². The van der Waals surface area contributed by atoms with Gasteiger partial charge in [-0.15, -0.1) is 0 Å². The second-order valence-electron chi connectivity index (χ2n) is 6.30. The van der Waals surface area contributed by atoms with Gasteiger partial charge in [0.25, 0.3) is 0 Å². The van der Waals surface area contributed by atoms with Crippen LogP contribution in [0.5, 0.6) is 5.75 Å². The van der Waals surface area contributed by atoms with Crippen LogP contribution < -0.4 is 9.64 Å². The second kappa shape index (κ2) is 9.53. The van der Waals surface area contributed by atoms with E-state index >= 15 is 0 Å². The molecule has 0 bridgehead atoms. The predicted molar refractivity (Wildman–Crippen MR) is 108 cm³/mol. The molecule has 2 aromatic carbocycles. The van der Waals surface area contributed by atoms with E-state index in [1.807, 2.05) is 54.6 Å². The fourth-order valence-corrected chi connectivity index (χ4v) is 3.52. The molecule has 0 atom stereocenters. The fraction of sp³-hybridized carbons (Fsp3) is 0.350. The molecule has 0 aromatic heterocycles. The van der Waals surface area contributed by atoms with Crippen LogP contribution in [-0.4, -0.2) is 52.1 Å². The average molecular weight is 391 g/mol. The smallest absolute Gasteiger partial charge is 0.228 e. The molecule has 0 unspecified atom stereocenters. The van der Waals surface area contributed by atoms with Crippen molar-refractivity contribution in [1.82, 2.24) is 4.31 Å². The Morgan fingerprint density at radius 3 is 2.19 bits per heavy atom. The normalized spacial score (nSPS) is 11.4. The van der Waals surface area contributed by atoms with Gasteiger partial charge in [-0.2, -0.15) is 0 Å². The highest BCUT2D eigenvalue weighted by molar-refractivity contribution is 7.88. The van der Waals surface area contributed by atoms with Crippen LogP contribution in [0.25, 0.3) is 0 Å². The van der Waals surface area contributed by atoms with E-state index in [0.717, 1.165) is 17.0 Å². The minimum Gasteiger partial charge on any atom is -0.497 e. The van der Waals surface area contributed by atoms with Crippen LogP contribution in [0.2, 0.25) is 0 Å². The number of carbonyl (C=O) groups excluding carboxylic acids is 1. The van der Waals surface area contributed by atoms with Gasteiger partial charge in [0.05, 0.1) is 13.4 Å². The number of sulfonamides is 1. The molecule has 27 heavy (non-hydrogen) atoms. The summed E-state index contributed by atoms with van der Waals surface area (Å²) in [6, 6.07) is 16.8. The summed E-state index contributed by atoms with van der Waals surface area (Å²) >= 11 is 0. The van der Waals surface area contributed by atoms with E-state index in [9.17, 15) is 13.2 Å². The van der Waals surface area contributed by atoms with Gasteiger partial charge in [-0.3, -0.25) is 4.79 Å². The van der Waals surface area contributed by atoms with Gasteiger partial charge in [0, 0.05) is 32.2 Å². The Hall–Kier alpha value is -2.38. The molecular weight excluding hydrogens is 364 g/mol. The largest absolute Gasteiger partial charge is 0.497 e. The van der Waals surface area contributed by atoms with E-state index in [1.54, 1.807) is 19.1 Å². The Balaban J connectivity index is 1.95. The number of ether oxygens (including phenoxy) is 1. The minimum absolute atomic E-state index is 0.126. The number of rotatable bonds is 9. The summed E-state index contributed by atoms with van der Waals surface area (Å²) in [7, 11) is -0.101. The van der Waals surface area contributed by atoms with Crippen LogP contribution in [0.3, 0.4) is 0 Å². The number of benzene rings is 2. The highest BCUT2D eigenvalue weighted by Crippen LogP contribution is 2.14. The lowest BCUT2D eigenvalue weighted by atomic mass is 10.1. The molecule has 0 aliphatic carbocycles. The summed E-state index contributed by atoms with van der Waals surface area (Å²) in [6.07, 6.45) is 1.87. The first kappa shape index (κ1) is 20.9. The van der Waals surface area contributed by atoms with Crippen molar-refractivity contribution in [2.24, 2.45) is 0 Å². The van der Waals surface area contributed by atoms with Gasteiger partial charge in [0.15, 0.2) is 0 Å². The Bertz CT molecular complexity index is 836. The molecule has 146 valence electrons. The monoisotopic (exact) mass is 390 g/mol. The fourth-order valence-electron chi connectivity index (χ4n) is 2.67. The average Bonchev–Trinajstić information content (AvgIpc) is 2.67. The van der Waals surface area contributed by atoms with E-state index in [-0.39, 0.29) is 18.9 Å². The predicted octanol–water partition coefficient (Wildman–Crippen LogP) is 2.55. The summed E-state index contributed by atoms with van der Waals surface area (Å²) in [5.74, 6) is 0.632. The second-order valence-corrected chi connectivity index (χ2v) is 8.28. The molecule has 0 saturated carbocycles. The van der Waals surface area contributed by atoms with E-state index in [4.69, 9.17) is 4.74 Å². The quantitative estimate of drug-likeness (QED) is 0.660. The highest BCUT2D eigenvalue weighted by Gasteiger charge is 2.19. The zero-order valence-electron chi connectivity index (χ0n) is 16.0. The molecule has 0 radical (unpaired) electrons. The lowest BCUT2D eigenvalue weighted by molar-refractivity contribution is -0.118. The number of hydrogen-bond acceptors (Lipinski definition) is 4. The van der Waals surface area contributed by atoms with Gasteiger partial charge in [-0.05, 0) is 36.2 Å². The topological polar surface area (TPSA) is 66.9 Å². The van der Waals surface area contributed by atoms with Gasteiger partial charge in [0.1, 0.15) is 5.75 Å². The number of carbonyl (C=O) groups is 1. The van der Waals surface area contributed by atoms with Crippen molar-refractivity contribution in [2.75, 3.05) is 38.4 Å².